The first-order valence-corrected chi connectivity index (χ1v) is 9.08. The van der Waals surface area contributed by atoms with Crippen LogP contribution in [0, 0.1) is 12.7 Å². The molecular weight excluding hydrogens is 329 g/mol. The van der Waals surface area contributed by atoms with Gasteiger partial charge in [-0.25, -0.2) is 9.18 Å². The number of nitrogens with zero attached hydrogens (tertiary/aromatic N) is 1. The number of aryl methyl sites for hydroxylation is 1. The summed E-state index contributed by atoms with van der Waals surface area (Å²) in [4.78, 5) is 14.4. The van der Waals surface area contributed by atoms with Crippen LogP contribution < -0.4 is 0 Å². The number of amides is 1. The van der Waals surface area contributed by atoms with Crippen LogP contribution in [0.5, 0.6) is 0 Å². The van der Waals surface area contributed by atoms with Crippen LogP contribution in [0.15, 0.2) is 54.6 Å². The van der Waals surface area contributed by atoms with Crippen LogP contribution in [0.1, 0.15) is 36.0 Å². The molecule has 4 heteroatoms. The molecule has 1 saturated heterocycles. The highest BCUT2D eigenvalue weighted by Crippen LogP contribution is 2.39. The predicted molar refractivity (Wildman–Crippen MR) is 99.0 cm³/mol. The fourth-order valence-corrected chi connectivity index (χ4v) is 3.99. The first-order chi connectivity index (χ1) is 12.6. The molecule has 2 aromatic carbocycles. The molecule has 1 amide bonds. The molecule has 4 rings (SSSR count). The molecule has 3 nitrogen and oxygen atoms in total. The van der Waals surface area contributed by atoms with Gasteiger partial charge in [-0.05, 0) is 49.5 Å². The third-order valence-corrected chi connectivity index (χ3v) is 5.28. The van der Waals surface area contributed by atoms with Gasteiger partial charge < -0.3 is 4.74 Å². The quantitative estimate of drug-likeness (QED) is 0.771. The Kier molecular flexibility index (Phi) is 4.49. The summed E-state index contributed by atoms with van der Waals surface area (Å²) in [5.74, 6) is -0.193. The van der Waals surface area contributed by atoms with Gasteiger partial charge in [0.2, 0.25) is 0 Å². The molecule has 2 bridgehead atoms. The van der Waals surface area contributed by atoms with Crippen molar-refractivity contribution in [2.75, 3.05) is 0 Å². The van der Waals surface area contributed by atoms with Crippen LogP contribution in [0.25, 0.3) is 5.57 Å². The second kappa shape index (κ2) is 6.94. The highest BCUT2D eigenvalue weighted by Gasteiger charge is 2.41. The number of hydrogen-bond donors (Lipinski definition) is 0. The summed E-state index contributed by atoms with van der Waals surface area (Å²) in [5.41, 5.74) is 3.69. The zero-order valence-corrected chi connectivity index (χ0v) is 14.8. The smallest absolute Gasteiger partial charge is 0.410 e. The fraction of sp³-hybridized carbons (Fsp3) is 0.318. The zero-order valence-electron chi connectivity index (χ0n) is 14.8. The summed E-state index contributed by atoms with van der Waals surface area (Å²) in [7, 11) is 0. The molecule has 2 heterocycles. The maximum Gasteiger partial charge on any atom is 0.410 e. The molecule has 134 valence electrons. The van der Waals surface area contributed by atoms with Crippen molar-refractivity contribution < 1.29 is 13.9 Å². The number of fused-ring (bicyclic) bond motifs is 2. The monoisotopic (exact) mass is 351 g/mol. The fourth-order valence-electron chi connectivity index (χ4n) is 3.99. The molecule has 2 unspecified atom stereocenters. The van der Waals surface area contributed by atoms with Gasteiger partial charge in [0.25, 0.3) is 0 Å². The van der Waals surface area contributed by atoms with E-state index in [0.29, 0.717) is 12.0 Å². The lowest BCUT2D eigenvalue weighted by Crippen LogP contribution is -2.43. The topological polar surface area (TPSA) is 29.5 Å². The van der Waals surface area contributed by atoms with Crippen LogP contribution in [0.4, 0.5) is 9.18 Å². The van der Waals surface area contributed by atoms with Crippen molar-refractivity contribution in [3.8, 4) is 0 Å². The summed E-state index contributed by atoms with van der Waals surface area (Å²) >= 11 is 0. The Morgan fingerprint density at radius 2 is 2.00 bits per heavy atom. The highest BCUT2D eigenvalue weighted by atomic mass is 19.1. The molecule has 26 heavy (non-hydrogen) atoms. The summed E-state index contributed by atoms with van der Waals surface area (Å²) in [6.07, 6.45) is 4.28. The lowest BCUT2D eigenvalue weighted by atomic mass is 9.93. The maximum atomic E-state index is 14.2. The van der Waals surface area contributed by atoms with Crippen LogP contribution in [-0.4, -0.2) is 23.1 Å². The van der Waals surface area contributed by atoms with Gasteiger partial charge in [0, 0.05) is 11.6 Å². The van der Waals surface area contributed by atoms with Crippen molar-refractivity contribution >= 4 is 11.7 Å². The van der Waals surface area contributed by atoms with Gasteiger partial charge in [0.05, 0.1) is 6.04 Å². The number of carbonyl (C=O) groups is 1. The Hall–Kier alpha value is -2.62. The second-order valence-corrected chi connectivity index (χ2v) is 7.13. The standard InChI is InChI=1S/C22H22FNO2/c1-15-7-10-21(23)20(11-15)17-12-18-8-9-19(13-17)24(18)22(25)26-14-16-5-3-2-4-6-16/h2-7,10-12,18-19H,8-9,13-14H2,1H3. The van der Waals surface area contributed by atoms with Crippen LogP contribution in [0.2, 0.25) is 0 Å². The van der Waals surface area contributed by atoms with E-state index in [4.69, 9.17) is 4.74 Å². The summed E-state index contributed by atoms with van der Waals surface area (Å²) < 4.78 is 19.8. The van der Waals surface area contributed by atoms with E-state index in [1.807, 2.05) is 54.3 Å². The summed E-state index contributed by atoms with van der Waals surface area (Å²) in [5, 5.41) is 0. The molecule has 0 saturated carbocycles. The van der Waals surface area contributed by atoms with Crippen molar-refractivity contribution in [2.45, 2.75) is 44.9 Å². The Balaban J connectivity index is 1.50. The first kappa shape index (κ1) is 16.8. The van der Waals surface area contributed by atoms with Crippen molar-refractivity contribution in [2.24, 2.45) is 0 Å². The Morgan fingerprint density at radius 3 is 2.77 bits per heavy atom. The molecule has 0 radical (unpaired) electrons. The predicted octanol–water partition coefficient (Wildman–Crippen LogP) is 5.09. The minimum Gasteiger partial charge on any atom is -0.445 e. The summed E-state index contributed by atoms with van der Waals surface area (Å²) in [6.45, 7) is 2.24. The van der Waals surface area contributed by atoms with Gasteiger partial charge in [0.1, 0.15) is 12.4 Å². The van der Waals surface area contributed by atoms with Gasteiger partial charge >= 0.3 is 6.09 Å². The second-order valence-electron chi connectivity index (χ2n) is 7.13. The van der Waals surface area contributed by atoms with Gasteiger partial charge in [-0.1, -0.05) is 48.0 Å². The van der Waals surface area contributed by atoms with E-state index >= 15 is 0 Å². The number of rotatable bonds is 3. The lowest BCUT2D eigenvalue weighted by molar-refractivity contribution is 0.0832. The number of benzene rings is 2. The first-order valence-electron chi connectivity index (χ1n) is 9.08. The van der Waals surface area contributed by atoms with E-state index in [1.165, 1.54) is 6.07 Å². The Morgan fingerprint density at radius 1 is 1.19 bits per heavy atom. The molecule has 2 atom stereocenters. The molecule has 1 fully saturated rings. The number of hydrogen-bond acceptors (Lipinski definition) is 2. The van der Waals surface area contributed by atoms with Crippen LogP contribution >= 0.6 is 0 Å². The summed E-state index contributed by atoms with van der Waals surface area (Å²) in [6, 6.07) is 15.0. The average molecular weight is 351 g/mol. The maximum absolute atomic E-state index is 14.2. The molecular formula is C22H22FNO2. The molecule has 0 N–H and O–H groups in total. The van der Waals surface area contributed by atoms with Crippen LogP contribution in [-0.2, 0) is 11.3 Å². The molecule has 2 aromatic rings. The van der Waals surface area contributed by atoms with Crippen molar-refractivity contribution in [3.63, 3.8) is 0 Å². The minimum absolute atomic E-state index is 0.00747. The van der Waals surface area contributed by atoms with E-state index in [2.05, 4.69) is 0 Å². The molecule has 0 spiro atoms. The van der Waals surface area contributed by atoms with Crippen molar-refractivity contribution in [1.29, 1.82) is 0 Å². The molecule has 0 aromatic heterocycles. The molecule has 2 aliphatic heterocycles. The highest BCUT2D eigenvalue weighted by molar-refractivity contribution is 5.75. The Bertz CT molecular complexity index is 846. The molecule has 0 aliphatic carbocycles. The number of ether oxygens (including phenoxy) is 1. The van der Waals surface area contributed by atoms with E-state index in [1.54, 1.807) is 6.07 Å². The molecule has 2 aliphatic rings. The lowest BCUT2D eigenvalue weighted by Gasteiger charge is -2.33. The largest absolute Gasteiger partial charge is 0.445 e. The zero-order chi connectivity index (χ0) is 18.1. The minimum atomic E-state index is -0.277. The Labute approximate surface area is 153 Å². The number of carbonyl (C=O) groups excluding carboxylic acids is 1. The van der Waals surface area contributed by atoms with Gasteiger partial charge in [-0.3, -0.25) is 4.90 Å². The van der Waals surface area contributed by atoms with Gasteiger partial charge in [-0.15, -0.1) is 0 Å². The van der Waals surface area contributed by atoms with E-state index < -0.39 is 0 Å². The normalized spacial score (nSPS) is 21.5. The van der Waals surface area contributed by atoms with Crippen LogP contribution in [0.3, 0.4) is 0 Å². The average Bonchev–Trinajstić information content (AvgIpc) is 2.92. The van der Waals surface area contributed by atoms with Crippen molar-refractivity contribution in [1.82, 2.24) is 4.90 Å². The van der Waals surface area contributed by atoms with E-state index in [9.17, 15) is 9.18 Å². The third-order valence-electron chi connectivity index (χ3n) is 5.28. The SMILES string of the molecule is Cc1ccc(F)c(C2=CC3CCC(C2)N3C(=O)OCc2ccccc2)c1. The van der Waals surface area contributed by atoms with E-state index in [-0.39, 0.29) is 30.6 Å². The van der Waals surface area contributed by atoms with E-state index in [0.717, 1.165) is 29.5 Å². The number of halogens is 1. The van der Waals surface area contributed by atoms with Crippen molar-refractivity contribution in [3.05, 3.63) is 77.1 Å². The third kappa shape index (κ3) is 3.24. The van der Waals surface area contributed by atoms with Gasteiger partial charge in [-0.2, -0.15) is 0 Å². The van der Waals surface area contributed by atoms with Gasteiger partial charge in [0.15, 0.2) is 0 Å².